The molecule has 0 aromatic rings. The summed E-state index contributed by atoms with van der Waals surface area (Å²) in [5.74, 6) is 1.53. The van der Waals surface area contributed by atoms with E-state index in [9.17, 15) is 4.39 Å². The van der Waals surface area contributed by atoms with E-state index in [-0.39, 0.29) is 5.92 Å². The predicted octanol–water partition coefficient (Wildman–Crippen LogP) is 3.03. The molecule has 0 aromatic heterocycles. The van der Waals surface area contributed by atoms with E-state index in [1.807, 2.05) is 0 Å². The molecule has 3 atom stereocenters. The van der Waals surface area contributed by atoms with Crippen LogP contribution in [-0.2, 0) is 0 Å². The van der Waals surface area contributed by atoms with E-state index < -0.39 is 6.17 Å². The quantitative estimate of drug-likeness (QED) is 0.775. The Morgan fingerprint density at radius 2 is 1.79 bits per heavy atom. The summed E-state index contributed by atoms with van der Waals surface area (Å²) in [7, 11) is 0. The van der Waals surface area contributed by atoms with E-state index in [2.05, 4.69) is 37.5 Å². The fourth-order valence-electron chi connectivity index (χ4n) is 3.75. The Bertz CT molecular complexity index is 280. The van der Waals surface area contributed by atoms with Crippen LogP contribution in [0.1, 0.15) is 40.5 Å². The van der Waals surface area contributed by atoms with Gasteiger partial charge >= 0.3 is 0 Å². The Morgan fingerprint density at radius 3 is 2.32 bits per heavy atom. The Kier molecular flexibility index (Phi) is 5.24. The van der Waals surface area contributed by atoms with Gasteiger partial charge in [0.05, 0.1) is 0 Å². The summed E-state index contributed by atoms with van der Waals surface area (Å²) in [4.78, 5) is 4.93. The molecule has 2 rings (SSSR count). The van der Waals surface area contributed by atoms with E-state index in [0.29, 0.717) is 18.5 Å². The Labute approximate surface area is 118 Å². The molecular formula is C16H31FN2. The summed E-state index contributed by atoms with van der Waals surface area (Å²) in [6, 6.07) is 0.658. The first-order chi connectivity index (χ1) is 8.97. The van der Waals surface area contributed by atoms with Crippen LogP contribution in [0, 0.1) is 17.8 Å². The number of alkyl halides is 1. The lowest BCUT2D eigenvalue weighted by Gasteiger charge is -2.37. The molecule has 19 heavy (non-hydrogen) atoms. The molecule has 0 spiro atoms. The second-order valence-corrected chi connectivity index (χ2v) is 7.22. The van der Waals surface area contributed by atoms with Gasteiger partial charge in [-0.25, -0.2) is 4.39 Å². The molecule has 2 heterocycles. The third-order valence-electron chi connectivity index (χ3n) is 5.10. The van der Waals surface area contributed by atoms with Crippen molar-refractivity contribution in [1.82, 2.24) is 9.80 Å². The molecule has 0 aliphatic carbocycles. The van der Waals surface area contributed by atoms with Crippen LogP contribution in [0.2, 0.25) is 0 Å². The van der Waals surface area contributed by atoms with E-state index in [0.717, 1.165) is 25.4 Å². The highest BCUT2D eigenvalue weighted by atomic mass is 19.1. The van der Waals surface area contributed by atoms with E-state index in [4.69, 9.17) is 0 Å². The van der Waals surface area contributed by atoms with Crippen LogP contribution in [0.4, 0.5) is 4.39 Å². The zero-order chi connectivity index (χ0) is 14.0. The van der Waals surface area contributed by atoms with Gasteiger partial charge in [-0.2, -0.15) is 0 Å². The second kappa shape index (κ2) is 6.53. The van der Waals surface area contributed by atoms with Gasteiger partial charge in [0.25, 0.3) is 0 Å². The van der Waals surface area contributed by atoms with Crippen molar-refractivity contribution in [2.24, 2.45) is 17.8 Å². The Balaban J connectivity index is 1.76. The fraction of sp³-hybridized carbons (Fsp3) is 1.00. The van der Waals surface area contributed by atoms with Crippen LogP contribution in [0.25, 0.3) is 0 Å². The van der Waals surface area contributed by atoms with Crippen molar-refractivity contribution in [2.45, 2.75) is 52.8 Å². The van der Waals surface area contributed by atoms with Gasteiger partial charge in [0, 0.05) is 25.7 Å². The van der Waals surface area contributed by atoms with Crippen LogP contribution in [0.3, 0.4) is 0 Å². The second-order valence-electron chi connectivity index (χ2n) is 7.22. The highest BCUT2D eigenvalue weighted by Crippen LogP contribution is 2.28. The molecule has 0 unspecified atom stereocenters. The number of piperidine rings is 1. The molecule has 2 aliphatic heterocycles. The smallest absolute Gasteiger partial charge is 0.116 e. The van der Waals surface area contributed by atoms with Crippen LogP contribution < -0.4 is 0 Å². The monoisotopic (exact) mass is 270 g/mol. The lowest BCUT2D eigenvalue weighted by atomic mass is 9.85. The summed E-state index contributed by atoms with van der Waals surface area (Å²) in [6.07, 6.45) is 1.72. The minimum atomic E-state index is -0.614. The summed E-state index contributed by atoms with van der Waals surface area (Å²) >= 11 is 0. The number of halogens is 1. The molecule has 0 bridgehead atoms. The van der Waals surface area contributed by atoms with Gasteiger partial charge in [0.15, 0.2) is 0 Å². The first-order valence-corrected chi connectivity index (χ1v) is 8.07. The van der Waals surface area contributed by atoms with E-state index in [1.165, 1.54) is 19.5 Å². The molecule has 0 aromatic carbocycles. The first-order valence-electron chi connectivity index (χ1n) is 8.07. The standard InChI is InChI=1S/C16H31FN2/c1-12(2)15-6-7-18(11-16(15)17)9-14-5-8-19(10-14)13(3)4/h12-16H,5-11H2,1-4H3/t14-,15-,16+/m1/s1. The van der Waals surface area contributed by atoms with Crippen LogP contribution >= 0.6 is 0 Å². The van der Waals surface area contributed by atoms with Gasteiger partial charge in [-0.1, -0.05) is 13.8 Å². The van der Waals surface area contributed by atoms with Crippen molar-refractivity contribution in [3.8, 4) is 0 Å². The molecule has 2 aliphatic rings. The molecule has 0 radical (unpaired) electrons. The highest BCUT2D eigenvalue weighted by molar-refractivity contribution is 4.85. The lowest BCUT2D eigenvalue weighted by Crippen LogP contribution is -2.45. The van der Waals surface area contributed by atoms with Gasteiger partial charge in [-0.15, -0.1) is 0 Å². The Hall–Kier alpha value is -0.150. The van der Waals surface area contributed by atoms with Crippen molar-refractivity contribution in [3.05, 3.63) is 0 Å². The molecule has 2 nitrogen and oxygen atoms in total. The van der Waals surface area contributed by atoms with Crippen molar-refractivity contribution < 1.29 is 4.39 Å². The van der Waals surface area contributed by atoms with Crippen molar-refractivity contribution >= 4 is 0 Å². The summed E-state index contributed by atoms with van der Waals surface area (Å²) < 4.78 is 14.2. The minimum Gasteiger partial charge on any atom is -0.301 e. The molecule has 2 saturated heterocycles. The van der Waals surface area contributed by atoms with Crippen molar-refractivity contribution in [2.75, 3.05) is 32.7 Å². The SMILES string of the molecule is CC(C)[C@H]1CCN(C[C@H]2CCN(C(C)C)C2)C[C@@H]1F. The number of hydrogen-bond donors (Lipinski definition) is 0. The Morgan fingerprint density at radius 1 is 1.05 bits per heavy atom. The zero-order valence-electron chi connectivity index (χ0n) is 13.1. The van der Waals surface area contributed by atoms with Crippen LogP contribution in [0.5, 0.6) is 0 Å². The van der Waals surface area contributed by atoms with Gasteiger partial charge in [-0.3, -0.25) is 0 Å². The number of likely N-dealkylation sites (tertiary alicyclic amines) is 2. The molecule has 3 heteroatoms. The third kappa shape index (κ3) is 3.91. The maximum Gasteiger partial charge on any atom is 0.116 e. The molecule has 112 valence electrons. The molecular weight excluding hydrogens is 239 g/mol. The van der Waals surface area contributed by atoms with E-state index >= 15 is 0 Å². The normalized spacial score (nSPS) is 34.6. The van der Waals surface area contributed by atoms with E-state index in [1.54, 1.807) is 0 Å². The molecule has 2 fully saturated rings. The van der Waals surface area contributed by atoms with Gasteiger partial charge in [0.2, 0.25) is 0 Å². The maximum atomic E-state index is 14.2. The maximum absolute atomic E-state index is 14.2. The summed E-state index contributed by atoms with van der Waals surface area (Å²) in [5.41, 5.74) is 0. The topological polar surface area (TPSA) is 6.48 Å². The molecule has 0 saturated carbocycles. The number of nitrogens with zero attached hydrogens (tertiary/aromatic N) is 2. The predicted molar refractivity (Wildman–Crippen MR) is 79.1 cm³/mol. The number of hydrogen-bond acceptors (Lipinski definition) is 2. The average molecular weight is 270 g/mol. The largest absolute Gasteiger partial charge is 0.301 e. The van der Waals surface area contributed by atoms with Crippen molar-refractivity contribution in [3.63, 3.8) is 0 Å². The van der Waals surface area contributed by atoms with Gasteiger partial charge < -0.3 is 9.80 Å². The lowest BCUT2D eigenvalue weighted by molar-refractivity contribution is 0.0530. The number of rotatable bonds is 4. The summed E-state index contributed by atoms with van der Waals surface area (Å²) in [6.45, 7) is 14.2. The van der Waals surface area contributed by atoms with Gasteiger partial charge in [-0.05, 0) is 57.5 Å². The first kappa shape index (κ1) is 15.2. The molecule has 0 amide bonds. The van der Waals surface area contributed by atoms with Crippen molar-refractivity contribution in [1.29, 1.82) is 0 Å². The third-order valence-corrected chi connectivity index (χ3v) is 5.10. The average Bonchev–Trinajstić information content (AvgIpc) is 2.77. The molecule has 0 N–H and O–H groups in total. The van der Waals surface area contributed by atoms with Gasteiger partial charge in [0.1, 0.15) is 6.17 Å². The van der Waals surface area contributed by atoms with Crippen LogP contribution in [0.15, 0.2) is 0 Å². The van der Waals surface area contributed by atoms with Crippen LogP contribution in [-0.4, -0.2) is 54.7 Å². The fourth-order valence-corrected chi connectivity index (χ4v) is 3.75. The minimum absolute atomic E-state index is 0.284. The summed E-state index contributed by atoms with van der Waals surface area (Å²) in [5, 5.41) is 0. The highest BCUT2D eigenvalue weighted by Gasteiger charge is 2.33. The zero-order valence-corrected chi connectivity index (χ0v) is 13.1.